The summed E-state index contributed by atoms with van der Waals surface area (Å²) in [6.07, 6.45) is 4.43. The number of carboxylic acids is 1. The van der Waals surface area contributed by atoms with Crippen molar-refractivity contribution in [3.05, 3.63) is 22.8 Å². The maximum Gasteiger partial charge on any atom is 0.337 e. The Morgan fingerprint density at radius 1 is 1.67 bits per heavy atom. The number of aromatic nitrogens is 1. The summed E-state index contributed by atoms with van der Waals surface area (Å²) < 4.78 is 0. The number of carboxylic acid groups (broad SMARTS) is 1. The third kappa shape index (κ3) is 3.78. The molecule has 1 rings (SSSR count). The summed E-state index contributed by atoms with van der Waals surface area (Å²) in [6.45, 7) is 2.10. The highest BCUT2D eigenvalue weighted by Crippen LogP contribution is 2.25. The number of aromatic carboxylic acids is 1. The van der Waals surface area contributed by atoms with Crippen LogP contribution < -0.4 is 4.90 Å². The van der Waals surface area contributed by atoms with E-state index in [2.05, 4.69) is 18.2 Å². The minimum absolute atomic E-state index is 0.105. The summed E-state index contributed by atoms with van der Waals surface area (Å²) in [5.41, 5.74) is 0.105. The van der Waals surface area contributed by atoms with Crippen molar-refractivity contribution in [1.29, 1.82) is 0 Å². The van der Waals surface area contributed by atoms with Crippen LogP contribution in [0.2, 0.25) is 5.02 Å². The Labute approximate surface area is 116 Å². The Hall–Kier alpha value is -0.940. The van der Waals surface area contributed by atoms with Crippen molar-refractivity contribution in [2.24, 2.45) is 0 Å². The molecule has 1 aromatic rings. The quantitative estimate of drug-likeness (QED) is 0.872. The van der Waals surface area contributed by atoms with E-state index in [-0.39, 0.29) is 5.56 Å². The zero-order chi connectivity index (χ0) is 13.7. The molecule has 0 amide bonds. The lowest BCUT2D eigenvalue weighted by molar-refractivity contribution is 0.0696. The molecule has 1 N–H and O–H groups in total. The van der Waals surface area contributed by atoms with E-state index in [4.69, 9.17) is 16.7 Å². The second-order valence-electron chi connectivity index (χ2n) is 4.08. The molecule has 18 heavy (non-hydrogen) atoms. The predicted molar refractivity (Wildman–Crippen MR) is 77.1 cm³/mol. The lowest BCUT2D eigenvalue weighted by atomic mass is 10.2. The van der Waals surface area contributed by atoms with Crippen LogP contribution in [0.15, 0.2) is 12.3 Å². The molecular formula is C12H17ClN2O2S. The molecule has 100 valence electrons. The first-order valence-corrected chi connectivity index (χ1v) is 7.35. The van der Waals surface area contributed by atoms with E-state index in [9.17, 15) is 4.79 Å². The summed E-state index contributed by atoms with van der Waals surface area (Å²) in [7, 11) is 1.92. The molecule has 1 atom stereocenters. The van der Waals surface area contributed by atoms with Crippen LogP contribution in [0.25, 0.3) is 0 Å². The van der Waals surface area contributed by atoms with Crippen LogP contribution in [-0.4, -0.2) is 41.2 Å². The van der Waals surface area contributed by atoms with Crippen LogP contribution in [0, 0.1) is 0 Å². The van der Waals surface area contributed by atoms with Crippen LogP contribution in [0.5, 0.6) is 0 Å². The molecule has 1 unspecified atom stereocenters. The largest absolute Gasteiger partial charge is 0.478 e. The van der Waals surface area contributed by atoms with Crippen LogP contribution in [-0.2, 0) is 0 Å². The van der Waals surface area contributed by atoms with Gasteiger partial charge >= 0.3 is 5.97 Å². The van der Waals surface area contributed by atoms with Gasteiger partial charge in [-0.05, 0) is 31.4 Å². The Kier molecular flexibility index (Phi) is 5.75. The average Bonchev–Trinajstić information content (AvgIpc) is 2.34. The molecule has 0 bridgehead atoms. The summed E-state index contributed by atoms with van der Waals surface area (Å²) in [4.78, 5) is 16.9. The fraction of sp³-hybridized carbons (Fsp3) is 0.500. The summed E-state index contributed by atoms with van der Waals surface area (Å²) in [5.74, 6) is 0.667. The summed E-state index contributed by atoms with van der Waals surface area (Å²) in [5, 5.41) is 9.22. The second-order valence-corrected chi connectivity index (χ2v) is 5.47. The zero-order valence-electron chi connectivity index (χ0n) is 10.7. The lowest BCUT2D eigenvalue weighted by Crippen LogP contribution is -2.30. The highest BCUT2D eigenvalue weighted by Gasteiger charge is 2.15. The minimum Gasteiger partial charge on any atom is -0.478 e. The molecule has 4 nitrogen and oxygen atoms in total. The van der Waals surface area contributed by atoms with Gasteiger partial charge in [0, 0.05) is 19.3 Å². The topological polar surface area (TPSA) is 53.4 Å². The van der Waals surface area contributed by atoms with Gasteiger partial charge in [0.05, 0.1) is 10.6 Å². The van der Waals surface area contributed by atoms with Crippen LogP contribution in [0.3, 0.4) is 0 Å². The SMILES string of the molecule is CSCCC(C)N(C)c1ncc(C(=O)O)cc1Cl. The second kappa shape index (κ2) is 6.85. The molecule has 0 radical (unpaired) electrons. The fourth-order valence-electron chi connectivity index (χ4n) is 1.50. The van der Waals surface area contributed by atoms with Gasteiger partial charge in [-0.3, -0.25) is 0 Å². The Balaban J connectivity index is 2.86. The van der Waals surface area contributed by atoms with Crippen molar-refractivity contribution in [3.63, 3.8) is 0 Å². The first kappa shape index (κ1) is 15.1. The van der Waals surface area contributed by atoms with E-state index in [1.54, 1.807) is 11.8 Å². The van der Waals surface area contributed by atoms with Gasteiger partial charge in [-0.15, -0.1) is 0 Å². The zero-order valence-corrected chi connectivity index (χ0v) is 12.3. The number of anilines is 1. The maximum absolute atomic E-state index is 10.8. The van der Waals surface area contributed by atoms with E-state index in [1.165, 1.54) is 12.3 Å². The van der Waals surface area contributed by atoms with Gasteiger partial charge in [-0.25, -0.2) is 9.78 Å². The predicted octanol–water partition coefficient (Wildman–Crippen LogP) is 3.01. The normalized spacial score (nSPS) is 12.2. The standard InChI is InChI=1S/C12H17ClN2O2S/c1-8(4-5-18-3)15(2)11-10(13)6-9(7-14-11)12(16)17/h6-8H,4-5H2,1-3H3,(H,16,17). The number of thioether (sulfide) groups is 1. The molecule has 0 aromatic carbocycles. The highest BCUT2D eigenvalue weighted by molar-refractivity contribution is 7.98. The van der Waals surface area contributed by atoms with Gasteiger partial charge in [0.1, 0.15) is 5.82 Å². The summed E-state index contributed by atoms with van der Waals surface area (Å²) in [6, 6.07) is 1.74. The number of pyridine rings is 1. The first-order valence-electron chi connectivity index (χ1n) is 5.58. The van der Waals surface area contributed by atoms with Gasteiger partial charge in [0.15, 0.2) is 0 Å². The van der Waals surface area contributed by atoms with Gasteiger partial charge in [0.25, 0.3) is 0 Å². The fourth-order valence-corrected chi connectivity index (χ4v) is 2.37. The molecule has 0 fully saturated rings. The average molecular weight is 289 g/mol. The van der Waals surface area contributed by atoms with E-state index >= 15 is 0 Å². The van der Waals surface area contributed by atoms with Gasteiger partial charge in [-0.2, -0.15) is 11.8 Å². The van der Waals surface area contributed by atoms with E-state index in [1.807, 2.05) is 11.9 Å². The van der Waals surface area contributed by atoms with E-state index < -0.39 is 5.97 Å². The molecule has 0 spiro atoms. The monoisotopic (exact) mass is 288 g/mol. The van der Waals surface area contributed by atoms with Crippen molar-refractivity contribution in [3.8, 4) is 0 Å². The van der Waals surface area contributed by atoms with Crippen molar-refractivity contribution < 1.29 is 9.90 Å². The van der Waals surface area contributed by atoms with Gasteiger partial charge in [0.2, 0.25) is 0 Å². The van der Waals surface area contributed by atoms with E-state index in [0.717, 1.165) is 12.2 Å². The van der Waals surface area contributed by atoms with E-state index in [0.29, 0.717) is 16.9 Å². The molecular weight excluding hydrogens is 272 g/mol. The Morgan fingerprint density at radius 3 is 2.83 bits per heavy atom. The van der Waals surface area contributed by atoms with Crippen LogP contribution in [0.1, 0.15) is 23.7 Å². The molecule has 0 aliphatic rings. The third-order valence-electron chi connectivity index (χ3n) is 2.80. The number of nitrogens with zero attached hydrogens (tertiary/aromatic N) is 2. The third-order valence-corrected chi connectivity index (χ3v) is 3.73. The molecule has 1 aromatic heterocycles. The molecule has 0 aliphatic carbocycles. The number of carbonyl (C=O) groups is 1. The number of rotatable bonds is 6. The van der Waals surface area contributed by atoms with Crippen molar-refractivity contribution in [2.75, 3.05) is 24.0 Å². The maximum atomic E-state index is 10.8. The first-order chi connectivity index (χ1) is 8.47. The lowest BCUT2D eigenvalue weighted by Gasteiger charge is -2.26. The van der Waals surface area contributed by atoms with Gasteiger partial charge in [-0.1, -0.05) is 11.6 Å². The number of halogens is 1. The summed E-state index contributed by atoms with van der Waals surface area (Å²) >= 11 is 7.87. The van der Waals surface area contributed by atoms with Crippen molar-refractivity contribution >= 4 is 35.1 Å². The van der Waals surface area contributed by atoms with Crippen molar-refractivity contribution in [1.82, 2.24) is 4.98 Å². The number of hydrogen-bond donors (Lipinski definition) is 1. The van der Waals surface area contributed by atoms with Crippen LogP contribution >= 0.6 is 23.4 Å². The molecule has 6 heteroatoms. The smallest absolute Gasteiger partial charge is 0.337 e. The molecule has 0 saturated carbocycles. The Morgan fingerprint density at radius 2 is 2.33 bits per heavy atom. The molecule has 1 heterocycles. The number of hydrogen-bond acceptors (Lipinski definition) is 4. The van der Waals surface area contributed by atoms with Crippen LogP contribution in [0.4, 0.5) is 5.82 Å². The Bertz CT molecular complexity index is 429. The molecule has 0 aliphatic heterocycles. The highest BCUT2D eigenvalue weighted by atomic mass is 35.5. The minimum atomic E-state index is -1.02. The van der Waals surface area contributed by atoms with Crippen molar-refractivity contribution in [2.45, 2.75) is 19.4 Å². The van der Waals surface area contributed by atoms with Gasteiger partial charge < -0.3 is 10.0 Å². The molecule has 0 saturated heterocycles.